The van der Waals surface area contributed by atoms with E-state index in [1.54, 1.807) is 17.0 Å². The fourth-order valence-electron chi connectivity index (χ4n) is 3.07. The van der Waals surface area contributed by atoms with E-state index in [4.69, 9.17) is 0 Å². The minimum absolute atomic E-state index is 0.0400. The number of piperidine rings is 1. The quantitative estimate of drug-likeness (QED) is 0.543. The summed E-state index contributed by atoms with van der Waals surface area (Å²) in [4.78, 5) is 24.0. The maximum absolute atomic E-state index is 12.5. The molecule has 0 radical (unpaired) electrons. The normalized spacial score (nSPS) is 15.1. The van der Waals surface area contributed by atoms with Crippen LogP contribution in [-0.2, 0) is 21.2 Å². The van der Waals surface area contributed by atoms with E-state index in [1.165, 1.54) is 30.3 Å². The Balaban J connectivity index is 1.65. The van der Waals surface area contributed by atoms with Crippen molar-refractivity contribution >= 4 is 27.3 Å². The molecule has 1 amide bonds. The molecule has 0 unspecified atom stereocenters. The monoisotopic (exact) mass is 419 g/mol. The maximum atomic E-state index is 12.5. The van der Waals surface area contributed by atoms with E-state index < -0.39 is 14.9 Å². The van der Waals surface area contributed by atoms with Crippen molar-refractivity contribution in [3.63, 3.8) is 0 Å². The van der Waals surface area contributed by atoms with Gasteiger partial charge < -0.3 is 10.0 Å². The fourth-order valence-corrected chi connectivity index (χ4v) is 4.17. The summed E-state index contributed by atoms with van der Waals surface area (Å²) in [7, 11) is -3.98. The SMILES string of the molecule is O=C(Cc1ccc(NS(=O)(=O)c2cccc([N+](=O)[O-])c2)cc1)N1CCC(O)CC1. The number of likely N-dealkylation sites (tertiary alicyclic amines) is 1. The summed E-state index contributed by atoms with van der Waals surface area (Å²) in [6.07, 6.45) is 0.986. The van der Waals surface area contributed by atoms with Crippen molar-refractivity contribution in [2.45, 2.75) is 30.3 Å². The fraction of sp³-hybridized carbons (Fsp3) is 0.316. The molecule has 1 aliphatic rings. The van der Waals surface area contributed by atoms with Gasteiger partial charge in [0.15, 0.2) is 0 Å². The molecule has 29 heavy (non-hydrogen) atoms. The summed E-state index contributed by atoms with van der Waals surface area (Å²) in [6, 6.07) is 11.2. The van der Waals surface area contributed by atoms with Crippen LogP contribution in [0, 0.1) is 10.1 Å². The van der Waals surface area contributed by atoms with E-state index in [0.29, 0.717) is 25.9 Å². The second-order valence-electron chi connectivity index (χ2n) is 6.85. The third-order valence-electron chi connectivity index (χ3n) is 4.72. The van der Waals surface area contributed by atoms with Crippen LogP contribution in [0.4, 0.5) is 11.4 Å². The van der Waals surface area contributed by atoms with E-state index in [-0.39, 0.29) is 34.7 Å². The van der Waals surface area contributed by atoms with Crippen molar-refractivity contribution in [1.82, 2.24) is 4.90 Å². The highest BCUT2D eigenvalue weighted by Gasteiger charge is 2.21. The summed E-state index contributed by atoms with van der Waals surface area (Å²) >= 11 is 0. The smallest absolute Gasteiger partial charge is 0.270 e. The lowest BCUT2D eigenvalue weighted by Crippen LogP contribution is -2.40. The number of nitrogens with zero attached hydrogens (tertiary/aromatic N) is 2. The van der Waals surface area contributed by atoms with Gasteiger partial charge in [-0.05, 0) is 36.6 Å². The number of carbonyl (C=O) groups excluding carboxylic acids is 1. The van der Waals surface area contributed by atoms with Crippen LogP contribution < -0.4 is 4.72 Å². The van der Waals surface area contributed by atoms with Gasteiger partial charge in [0.1, 0.15) is 0 Å². The predicted octanol–water partition coefficient (Wildman–Crippen LogP) is 1.92. The Morgan fingerprint density at radius 3 is 2.45 bits per heavy atom. The first-order chi connectivity index (χ1) is 13.7. The van der Waals surface area contributed by atoms with Gasteiger partial charge in [0, 0.05) is 30.9 Å². The van der Waals surface area contributed by atoms with E-state index >= 15 is 0 Å². The number of non-ortho nitro benzene ring substituents is 1. The summed E-state index contributed by atoms with van der Waals surface area (Å²) < 4.78 is 27.3. The summed E-state index contributed by atoms with van der Waals surface area (Å²) in [5.41, 5.74) is 0.709. The third kappa shape index (κ3) is 5.30. The van der Waals surface area contributed by atoms with Gasteiger partial charge in [0.05, 0.1) is 22.3 Å². The Labute approximate surface area is 168 Å². The number of carbonyl (C=O) groups is 1. The number of nitro benzene ring substituents is 1. The first kappa shape index (κ1) is 20.7. The van der Waals surface area contributed by atoms with Gasteiger partial charge in [-0.2, -0.15) is 0 Å². The number of sulfonamides is 1. The molecule has 10 heteroatoms. The Hall–Kier alpha value is -2.98. The highest BCUT2D eigenvalue weighted by Crippen LogP contribution is 2.21. The van der Waals surface area contributed by atoms with Crippen LogP contribution in [0.15, 0.2) is 53.4 Å². The average Bonchev–Trinajstić information content (AvgIpc) is 2.70. The number of benzene rings is 2. The zero-order chi connectivity index (χ0) is 21.0. The molecular formula is C19H21N3O6S. The number of hydrogen-bond donors (Lipinski definition) is 2. The van der Waals surface area contributed by atoms with Crippen LogP contribution in [0.1, 0.15) is 18.4 Å². The molecule has 0 aromatic heterocycles. The Morgan fingerprint density at radius 2 is 1.83 bits per heavy atom. The van der Waals surface area contributed by atoms with Gasteiger partial charge >= 0.3 is 0 Å². The highest BCUT2D eigenvalue weighted by molar-refractivity contribution is 7.92. The lowest BCUT2D eigenvalue weighted by Gasteiger charge is -2.29. The van der Waals surface area contributed by atoms with Gasteiger partial charge in [0.2, 0.25) is 5.91 Å². The molecule has 0 aliphatic carbocycles. The molecule has 1 fully saturated rings. The number of hydrogen-bond acceptors (Lipinski definition) is 6. The molecule has 1 saturated heterocycles. The first-order valence-corrected chi connectivity index (χ1v) is 10.5. The number of amides is 1. The maximum Gasteiger partial charge on any atom is 0.270 e. The summed E-state index contributed by atoms with van der Waals surface area (Å²) in [5.74, 6) is -0.0400. The molecule has 0 saturated carbocycles. The van der Waals surface area contributed by atoms with Crippen molar-refractivity contribution in [2.24, 2.45) is 0 Å². The van der Waals surface area contributed by atoms with Crippen molar-refractivity contribution in [3.8, 4) is 0 Å². The molecule has 0 atom stereocenters. The second kappa shape index (κ2) is 8.58. The number of aliphatic hydroxyl groups is 1. The van der Waals surface area contributed by atoms with E-state index in [1.807, 2.05) is 0 Å². The lowest BCUT2D eigenvalue weighted by molar-refractivity contribution is -0.385. The topological polar surface area (TPSA) is 130 Å². The van der Waals surface area contributed by atoms with Crippen LogP contribution in [0.25, 0.3) is 0 Å². The minimum atomic E-state index is -3.98. The predicted molar refractivity (Wildman–Crippen MR) is 106 cm³/mol. The second-order valence-corrected chi connectivity index (χ2v) is 8.53. The number of rotatable bonds is 6. The minimum Gasteiger partial charge on any atom is -0.393 e. The zero-order valence-corrected chi connectivity index (χ0v) is 16.3. The highest BCUT2D eigenvalue weighted by atomic mass is 32.2. The molecule has 0 bridgehead atoms. The Bertz CT molecular complexity index is 999. The first-order valence-electron chi connectivity index (χ1n) is 9.07. The van der Waals surface area contributed by atoms with E-state index in [9.17, 15) is 28.4 Å². The van der Waals surface area contributed by atoms with Gasteiger partial charge in [-0.3, -0.25) is 19.6 Å². The number of anilines is 1. The van der Waals surface area contributed by atoms with Gasteiger partial charge in [0.25, 0.3) is 15.7 Å². The van der Waals surface area contributed by atoms with E-state index in [2.05, 4.69) is 4.72 Å². The van der Waals surface area contributed by atoms with E-state index in [0.717, 1.165) is 11.6 Å². The van der Waals surface area contributed by atoms with Crippen LogP contribution >= 0.6 is 0 Å². The van der Waals surface area contributed by atoms with Gasteiger partial charge in [-0.25, -0.2) is 8.42 Å². The van der Waals surface area contributed by atoms with Gasteiger partial charge in [-0.15, -0.1) is 0 Å². The molecule has 0 spiro atoms. The molecule has 2 aromatic rings. The van der Waals surface area contributed by atoms with Crippen molar-refractivity contribution in [2.75, 3.05) is 17.8 Å². The van der Waals surface area contributed by atoms with Crippen LogP contribution in [0.5, 0.6) is 0 Å². The summed E-state index contributed by atoms with van der Waals surface area (Å²) in [6.45, 7) is 1.06. The molecule has 3 rings (SSSR count). The molecule has 2 aromatic carbocycles. The molecule has 1 aliphatic heterocycles. The van der Waals surface area contributed by atoms with Crippen LogP contribution in [-0.4, -0.2) is 48.4 Å². The largest absolute Gasteiger partial charge is 0.393 e. The van der Waals surface area contributed by atoms with Gasteiger partial charge in [-0.1, -0.05) is 18.2 Å². The van der Waals surface area contributed by atoms with Crippen LogP contribution in [0.3, 0.4) is 0 Å². The van der Waals surface area contributed by atoms with Crippen molar-refractivity contribution in [1.29, 1.82) is 0 Å². The van der Waals surface area contributed by atoms with Crippen molar-refractivity contribution in [3.05, 3.63) is 64.2 Å². The van der Waals surface area contributed by atoms with Crippen molar-refractivity contribution < 1.29 is 23.2 Å². The Kier molecular flexibility index (Phi) is 6.14. The third-order valence-corrected chi connectivity index (χ3v) is 6.10. The number of nitrogens with one attached hydrogen (secondary N) is 1. The number of nitro groups is 1. The zero-order valence-electron chi connectivity index (χ0n) is 15.5. The molecular weight excluding hydrogens is 398 g/mol. The van der Waals surface area contributed by atoms with Crippen LogP contribution in [0.2, 0.25) is 0 Å². The standard InChI is InChI=1S/C19H21N3O6S/c23-17-8-10-21(11-9-17)19(24)12-14-4-6-15(7-5-14)20-29(27,28)18-3-1-2-16(13-18)22(25)26/h1-7,13,17,20,23H,8-12H2. The molecule has 9 nitrogen and oxygen atoms in total. The molecule has 154 valence electrons. The number of aliphatic hydroxyl groups excluding tert-OH is 1. The average molecular weight is 419 g/mol. The molecule has 1 heterocycles. The lowest BCUT2D eigenvalue weighted by atomic mass is 10.1. The Morgan fingerprint density at radius 1 is 1.17 bits per heavy atom. The molecule has 2 N–H and O–H groups in total. The summed E-state index contributed by atoms with van der Waals surface area (Å²) in [5, 5.41) is 20.4.